The molecule has 1 aromatic rings. The first-order valence-electron chi connectivity index (χ1n) is 9.25. The van der Waals surface area contributed by atoms with Crippen molar-refractivity contribution in [2.45, 2.75) is 38.5 Å². The van der Waals surface area contributed by atoms with Gasteiger partial charge in [-0.15, -0.1) is 0 Å². The largest absolute Gasteiger partial charge is 0.481 e. The van der Waals surface area contributed by atoms with E-state index in [-0.39, 0.29) is 0 Å². The summed E-state index contributed by atoms with van der Waals surface area (Å²) in [4.78, 5) is 14.4. The zero-order valence-electron chi connectivity index (χ0n) is 14.5. The summed E-state index contributed by atoms with van der Waals surface area (Å²) in [7, 11) is 0. The van der Waals surface area contributed by atoms with Crippen LogP contribution in [0, 0.1) is 11.3 Å². The highest BCUT2D eigenvalue weighted by Crippen LogP contribution is 2.37. The summed E-state index contributed by atoms with van der Waals surface area (Å²) in [6, 6.07) is 10.4. The molecule has 132 valence electrons. The molecule has 2 saturated heterocycles. The van der Waals surface area contributed by atoms with Gasteiger partial charge in [-0.1, -0.05) is 30.3 Å². The van der Waals surface area contributed by atoms with Crippen LogP contribution in [0.5, 0.6) is 0 Å². The Bertz CT molecular complexity index is 517. The van der Waals surface area contributed by atoms with E-state index >= 15 is 0 Å². The Hall–Kier alpha value is -1.39. The molecule has 1 atom stereocenters. The molecule has 0 aliphatic carbocycles. The van der Waals surface area contributed by atoms with E-state index < -0.39 is 11.4 Å². The van der Waals surface area contributed by atoms with Gasteiger partial charge in [0.25, 0.3) is 0 Å². The minimum Gasteiger partial charge on any atom is -0.481 e. The van der Waals surface area contributed by atoms with E-state index in [1.54, 1.807) is 0 Å². The molecule has 24 heavy (non-hydrogen) atoms. The van der Waals surface area contributed by atoms with Crippen molar-refractivity contribution in [2.75, 3.05) is 32.8 Å². The minimum absolute atomic E-state index is 0.516. The van der Waals surface area contributed by atoms with Gasteiger partial charge in [0.15, 0.2) is 0 Å². The SMILES string of the molecule is O=C(O)C1(CCCc2ccccc2)CCN(C[C@H]2CCOC2)CC1. The first-order chi connectivity index (χ1) is 11.7. The monoisotopic (exact) mass is 331 g/mol. The van der Waals surface area contributed by atoms with Gasteiger partial charge < -0.3 is 14.7 Å². The van der Waals surface area contributed by atoms with Crippen LogP contribution in [0.25, 0.3) is 0 Å². The van der Waals surface area contributed by atoms with Crippen molar-refractivity contribution in [3.05, 3.63) is 35.9 Å². The molecule has 0 aromatic heterocycles. The summed E-state index contributed by atoms with van der Waals surface area (Å²) in [5, 5.41) is 9.82. The van der Waals surface area contributed by atoms with Crippen molar-refractivity contribution in [1.82, 2.24) is 4.90 Å². The predicted octanol–water partition coefficient (Wildman–Crippen LogP) is 3.21. The van der Waals surface area contributed by atoms with Gasteiger partial charge in [-0.05, 0) is 63.1 Å². The molecular formula is C20H29NO3. The van der Waals surface area contributed by atoms with E-state index in [1.165, 1.54) is 5.56 Å². The first-order valence-corrected chi connectivity index (χ1v) is 9.25. The Balaban J connectivity index is 1.48. The van der Waals surface area contributed by atoms with Crippen LogP contribution in [-0.4, -0.2) is 48.8 Å². The summed E-state index contributed by atoms with van der Waals surface area (Å²) in [5.74, 6) is 0.0415. The van der Waals surface area contributed by atoms with E-state index in [4.69, 9.17) is 4.74 Å². The highest BCUT2D eigenvalue weighted by molar-refractivity contribution is 5.74. The molecule has 0 saturated carbocycles. The van der Waals surface area contributed by atoms with Crippen LogP contribution in [0.3, 0.4) is 0 Å². The number of likely N-dealkylation sites (tertiary alicyclic amines) is 1. The number of aliphatic carboxylic acids is 1. The Morgan fingerprint density at radius 3 is 2.62 bits per heavy atom. The molecule has 2 aliphatic heterocycles. The topological polar surface area (TPSA) is 49.8 Å². The van der Waals surface area contributed by atoms with Crippen LogP contribution in [0.15, 0.2) is 30.3 Å². The molecule has 1 N–H and O–H groups in total. The lowest BCUT2D eigenvalue weighted by molar-refractivity contribution is -0.152. The summed E-state index contributed by atoms with van der Waals surface area (Å²) >= 11 is 0. The maximum atomic E-state index is 11.9. The van der Waals surface area contributed by atoms with Crippen LogP contribution < -0.4 is 0 Å². The van der Waals surface area contributed by atoms with E-state index in [1.807, 2.05) is 18.2 Å². The number of hydrogen-bond donors (Lipinski definition) is 1. The zero-order valence-corrected chi connectivity index (χ0v) is 14.5. The maximum absolute atomic E-state index is 11.9. The van der Waals surface area contributed by atoms with Crippen LogP contribution in [0.1, 0.15) is 37.7 Å². The molecule has 4 nitrogen and oxygen atoms in total. The molecule has 2 heterocycles. The van der Waals surface area contributed by atoms with Crippen molar-refractivity contribution in [3.8, 4) is 0 Å². The normalized spacial score (nSPS) is 24.1. The van der Waals surface area contributed by atoms with Crippen molar-refractivity contribution in [3.63, 3.8) is 0 Å². The highest BCUT2D eigenvalue weighted by atomic mass is 16.5. The molecule has 0 radical (unpaired) electrons. The zero-order chi connectivity index (χ0) is 16.8. The lowest BCUT2D eigenvalue weighted by Gasteiger charge is -2.39. The number of benzene rings is 1. The van der Waals surface area contributed by atoms with Gasteiger partial charge in [-0.25, -0.2) is 0 Å². The average molecular weight is 331 g/mol. The number of rotatable bonds is 7. The van der Waals surface area contributed by atoms with E-state index in [2.05, 4.69) is 17.0 Å². The lowest BCUT2D eigenvalue weighted by atomic mass is 9.74. The molecule has 2 aliphatic rings. The highest BCUT2D eigenvalue weighted by Gasteiger charge is 2.41. The van der Waals surface area contributed by atoms with Gasteiger partial charge in [0, 0.05) is 13.2 Å². The predicted molar refractivity (Wildman–Crippen MR) is 94.0 cm³/mol. The van der Waals surface area contributed by atoms with E-state index in [9.17, 15) is 9.90 Å². The van der Waals surface area contributed by atoms with E-state index in [0.717, 1.165) is 71.4 Å². The van der Waals surface area contributed by atoms with Crippen LogP contribution in [-0.2, 0) is 16.0 Å². The minimum atomic E-state index is -0.598. The van der Waals surface area contributed by atoms with Gasteiger partial charge >= 0.3 is 5.97 Å². The van der Waals surface area contributed by atoms with Crippen LogP contribution >= 0.6 is 0 Å². The Morgan fingerprint density at radius 2 is 2.00 bits per heavy atom. The number of aryl methyl sites for hydroxylation is 1. The van der Waals surface area contributed by atoms with Gasteiger partial charge in [-0.3, -0.25) is 4.79 Å². The molecule has 4 heteroatoms. The lowest BCUT2D eigenvalue weighted by Crippen LogP contribution is -2.45. The smallest absolute Gasteiger partial charge is 0.309 e. The number of hydrogen-bond acceptors (Lipinski definition) is 3. The summed E-state index contributed by atoms with van der Waals surface area (Å²) in [6.45, 7) is 4.65. The van der Waals surface area contributed by atoms with Gasteiger partial charge in [-0.2, -0.15) is 0 Å². The third kappa shape index (κ3) is 4.37. The number of piperidine rings is 1. The van der Waals surface area contributed by atoms with Crippen molar-refractivity contribution >= 4 is 5.97 Å². The quantitative estimate of drug-likeness (QED) is 0.833. The summed E-state index contributed by atoms with van der Waals surface area (Å²) in [5.41, 5.74) is 0.786. The molecule has 0 spiro atoms. The fourth-order valence-corrected chi connectivity index (χ4v) is 4.10. The van der Waals surface area contributed by atoms with Gasteiger partial charge in [0.2, 0.25) is 0 Å². The Morgan fingerprint density at radius 1 is 1.25 bits per heavy atom. The number of nitrogens with zero attached hydrogens (tertiary/aromatic N) is 1. The second kappa shape index (κ2) is 8.13. The molecule has 0 amide bonds. The number of carboxylic acids is 1. The second-order valence-electron chi connectivity index (χ2n) is 7.45. The maximum Gasteiger partial charge on any atom is 0.309 e. The standard InChI is InChI=1S/C20H29NO3/c22-19(23)20(9-4-7-17-5-2-1-3-6-17)10-12-21(13-11-20)15-18-8-14-24-16-18/h1-3,5-6,18H,4,7-16H2,(H,22,23)/t18-/m1/s1. The van der Waals surface area contributed by atoms with E-state index in [0.29, 0.717) is 5.92 Å². The van der Waals surface area contributed by atoms with Crippen LogP contribution in [0.4, 0.5) is 0 Å². The third-order valence-electron chi connectivity index (χ3n) is 5.77. The Labute approximate surface area is 144 Å². The first kappa shape index (κ1) is 17.4. The molecular weight excluding hydrogens is 302 g/mol. The van der Waals surface area contributed by atoms with Crippen LogP contribution in [0.2, 0.25) is 0 Å². The second-order valence-corrected chi connectivity index (χ2v) is 7.45. The molecule has 0 unspecified atom stereocenters. The molecule has 3 rings (SSSR count). The third-order valence-corrected chi connectivity index (χ3v) is 5.77. The Kier molecular flexibility index (Phi) is 5.90. The average Bonchev–Trinajstić information content (AvgIpc) is 3.10. The van der Waals surface area contributed by atoms with Crippen molar-refractivity contribution in [2.24, 2.45) is 11.3 Å². The van der Waals surface area contributed by atoms with Gasteiger partial charge in [0.05, 0.1) is 12.0 Å². The summed E-state index contributed by atoms with van der Waals surface area (Å²) < 4.78 is 5.45. The van der Waals surface area contributed by atoms with Gasteiger partial charge in [0.1, 0.15) is 0 Å². The molecule has 2 fully saturated rings. The van der Waals surface area contributed by atoms with Crippen molar-refractivity contribution < 1.29 is 14.6 Å². The fourth-order valence-electron chi connectivity index (χ4n) is 4.10. The van der Waals surface area contributed by atoms with Crippen molar-refractivity contribution in [1.29, 1.82) is 0 Å². The summed E-state index contributed by atoms with van der Waals surface area (Å²) in [6.07, 6.45) is 5.43. The number of carbonyl (C=O) groups is 1. The number of carboxylic acid groups (broad SMARTS) is 1. The molecule has 1 aromatic carbocycles. The number of ether oxygens (including phenoxy) is 1. The fraction of sp³-hybridized carbons (Fsp3) is 0.650. The molecule has 0 bridgehead atoms.